The molecule has 21 heavy (non-hydrogen) atoms. The van der Waals surface area contributed by atoms with Gasteiger partial charge in [-0.3, -0.25) is 0 Å². The first-order chi connectivity index (χ1) is 9.88. The molecular formula is C16H26IN3O. The monoisotopic (exact) mass is 403 g/mol. The van der Waals surface area contributed by atoms with Crippen molar-refractivity contribution in [3.05, 3.63) is 30.3 Å². The van der Waals surface area contributed by atoms with Crippen LogP contribution in [0, 0.1) is 0 Å². The summed E-state index contributed by atoms with van der Waals surface area (Å²) in [6.07, 6.45) is 5.16. The first kappa shape index (κ1) is 18.1. The van der Waals surface area contributed by atoms with Crippen LogP contribution < -0.4 is 15.4 Å². The minimum atomic E-state index is 0. The molecule has 5 heteroatoms. The maximum Gasteiger partial charge on any atom is 0.191 e. The number of nitrogens with one attached hydrogen (secondary N) is 2. The van der Waals surface area contributed by atoms with Crippen LogP contribution in [0.3, 0.4) is 0 Å². The number of hydrogen-bond donors (Lipinski definition) is 2. The van der Waals surface area contributed by atoms with E-state index in [4.69, 9.17) is 4.74 Å². The molecule has 0 amide bonds. The van der Waals surface area contributed by atoms with Crippen molar-refractivity contribution in [2.45, 2.75) is 38.6 Å². The molecule has 0 saturated heterocycles. The molecule has 1 fully saturated rings. The molecule has 0 radical (unpaired) electrons. The number of benzene rings is 1. The number of halogens is 1. The second kappa shape index (κ2) is 10.7. The van der Waals surface area contributed by atoms with Crippen LogP contribution in [0.1, 0.15) is 32.6 Å². The van der Waals surface area contributed by atoms with E-state index in [1.165, 1.54) is 25.7 Å². The third-order valence-electron chi connectivity index (χ3n) is 3.41. The number of nitrogens with zero attached hydrogens (tertiary/aromatic N) is 1. The number of rotatable bonds is 6. The van der Waals surface area contributed by atoms with Gasteiger partial charge in [-0.15, -0.1) is 24.0 Å². The molecule has 0 bridgehead atoms. The summed E-state index contributed by atoms with van der Waals surface area (Å²) >= 11 is 0. The van der Waals surface area contributed by atoms with E-state index in [1.54, 1.807) is 0 Å². The average molecular weight is 403 g/mol. The van der Waals surface area contributed by atoms with Crippen LogP contribution in [0.4, 0.5) is 0 Å². The van der Waals surface area contributed by atoms with Crippen LogP contribution in [-0.4, -0.2) is 31.7 Å². The zero-order valence-electron chi connectivity index (χ0n) is 12.7. The van der Waals surface area contributed by atoms with Gasteiger partial charge in [0.1, 0.15) is 12.4 Å². The SMILES string of the molecule is CCNC(=NCCOc1ccccc1)NC1CCCC1.I. The summed E-state index contributed by atoms with van der Waals surface area (Å²) < 4.78 is 5.64. The van der Waals surface area contributed by atoms with E-state index in [-0.39, 0.29) is 24.0 Å². The minimum Gasteiger partial charge on any atom is -0.492 e. The maximum absolute atomic E-state index is 5.64. The number of aliphatic imine (C=N–C) groups is 1. The highest BCUT2D eigenvalue weighted by Crippen LogP contribution is 2.17. The van der Waals surface area contributed by atoms with Crippen molar-refractivity contribution in [3.8, 4) is 5.75 Å². The van der Waals surface area contributed by atoms with E-state index < -0.39 is 0 Å². The highest BCUT2D eigenvalue weighted by atomic mass is 127. The number of hydrogen-bond acceptors (Lipinski definition) is 2. The Morgan fingerprint density at radius 3 is 2.62 bits per heavy atom. The number of para-hydroxylation sites is 1. The quantitative estimate of drug-likeness (QED) is 0.332. The molecule has 1 aliphatic carbocycles. The molecule has 0 heterocycles. The Labute approximate surface area is 144 Å². The molecule has 4 nitrogen and oxygen atoms in total. The Morgan fingerprint density at radius 2 is 1.95 bits per heavy atom. The summed E-state index contributed by atoms with van der Waals surface area (Å²) in [6, 6.07) is 10.5. The van der Waals surface area contributed by atoms with Crippen molar-refractivity contribution in [1.82, 2.24) is 10.6 Å². The molecular weight excluding hydrogens is 377 g/mol. The van der Waals surface area contributed by atoms with Gasteiger partial charge in [0.25, 0.3) is 0 Å². The van der Waals surface area contributed by atoms with Crippen molar-refractivity contribution in [2.75, 3.05) is 19.7 Å². The largest absolute Gasteiger partial charge is 0.492 e. The van der Waals surface area contributed by atoms with Crippen molar-refractivity contribution in [2.24, 2.45) is 4.99 Å². The lowest BCUT2D eigenvalue weighted by Gasteiger charge is -2.16. The lowest BCUT2D eigenvalue weighted by atomic mass is 10.2. The van der Waals surface area contributed by atoms with Gasteiger partial charge in [-0.2, -0.15) is 0 Å². The molecule has 2 rings (SSSR count). The van der Waals surface area contributed by atoms with E-state index in [1.807, 2.05) is 30.3 Å². The Morgan fingerprint density at radius 1 is 1.24 bits per heavy atom. The molecule has 0 aromatic heterocycles. The summed E-state index contributed by atoms with van der Waals surface area (Å²) in [7, 11) is 0. The molecule has 1 saturated carbocycles. The zero-order valence-corrected chi connectivity index (χ0v) is 15.0. The minimum absolute atomic E-state index is 0. The smallest absolute Gasteiger partial charge is 0.191 e. The first-order valence-corrected chi connectivity index (χ1v) is 7.61. The van der Waals surface area contributed by atoms with Gasteiger partial charge in [0, 0.05) is 12.6 Å². The summed E-state index contributed by atoms with van der Waals surface area (Å²) in [4.78, 5) is 4.56. The highest BCUT2D eigenvalue weighted by Gasteiger charge is 2.15. The van der Waals surface area contributed by atoms with Crippen LogP contribution in [-0.2, 0) is 0 Å². The molecule has 0 aliphatic heterocycles. The predicted molar refractivity (Wildman–Crippen MR) is 98.7 cm³/mol. The van der Waals surface area contributed by atoms with Crippen LogP contribution in [0.5, 0.6) is 5.75 Å². The third kappa shape index (κ3) is 7.02. The molecule has 1 aromatic carbocycles. The van der Waals surface area contributed by atoms with Gasteiger partial charge in [-0.1, -0.05) is 31.0 Å². The Hall–Kier alpha value is -0.980. The topological polar surface area (TPSA) is 45.7 Å². The summed E-state index contributed by atoms with van der Waals surface area (Å²) in [5.74, 6) is 1.81. The fraction of sp³-hybridized carbons (Fsp3) is 0.562. The van der Waals surface area contributed by atoms with Gasteiger partial charge in [0.05, 0.1) is 6.54 Å². The average Bonchev–Trinajstić information content (AvgIpc) is 2.98. The van der Waals surface area contributed by atoms with Crippen molar-refractivity contribution in [3.63, 3.8) is 0 Å². The van der Waals surface area contributed by atoms with Crippen LogP contribution >= 0.6 is 24.0 Å². The Balaban J connectivity index is 0.00000220. The van der Waals surface area contributed by atoms with E-state index in [0.29, 0.717) is 19.2 Å². The van der Waals surface area contributed by atoms with Gasteiger partial charge in [-0.25, -0.2) is 4.99 Å². The molecule has 0 spiro atoms. The van der Waals surface area contributed by atoms with Gasteiger partial charge in [0.2, 0.25) is 0 Å². The second-order valence-corrected chi connectivity index (χ2v) is 5.05. The first-order valence-electron chi connectivity index (χ1n) is 7.61. The highest BCUT2D eigenvalue weighted by molar-refractivity contribution is 14.0. The molecule has 0 unspecified atom stereocenters. The van der Waals surface area contributed by atoms with E-state index in [0.717, 1.165) is 18.3 Å². The van der Waals surface area contributed by atoms with Crippen LogP contribution in [0.2, 0.25) is 0 Å². The number of ether oxygens (including phenoxy) is 1. The molecule has 2 N–H and O–H groups in total. The van der Waals surface area contributed by atoms with Gasteiger partial charge in [0.15, 0.2) is 5.96 Å². The maximum atomic E-state index is 5.64. The van der Waals surface area contributed by atoms with Crippen LogP contribution in [0.25, 0.3) is 0 Å². The van der Waals surface area contributed by atoms with Crippen molar-refractivity contribution < 1.29 is 4.74 Å². The fourth-order valence-corrected chi connectivity index (χ4v) is 2.42. The molecule has 1 aliphatic rings. The molecule has 0 atom stereocenters. The summed E-state index contributed by atoms with van der Waals surface area (Å²) in [5.41, 5.74) is 0. The van der Waals surface area contributed by atoms with Gasteiger partial charge in [-0.05, 0) is 31.9 Å². The molecule has 1 aromatic rings. The van der Waals surface area contributed by atoms with E-state index >= 15 is 0 Å². The lowest BCUT2D eigenvalue weighted by Crippen LogP contribution is -2.42. The lowest BCUT2D eigenvalue weighted by molar-refractivity contribution is 0.328. The summed E-state index contributed by atoms with van der Waals surface area (Å²) in [5, 5.41) is 6.79. The summed E-state index contributed by atoms with van der Waals surface area (Å²) in [6.45, 7) is 4.24. The van der Waals surface area contributed by atoms with Crippen LogP contribution in [0.15, 0.2) is 35.3 Å². The second-order valence-electron chi connectivity index (χ2n) is 5.05. The predicted octanol–water partition coefficient (Wildman–Crippen LogP) is 3.18. The van der Waals surface area contributed by atoms with E-state index in [2.05, 4.69) is 22.5 Å². The fourth-order valence-electron chi connectivity index (χ4n) is 2.42. The van der Waals surface area contributed by atoms with Crippen molar-refractivity contribution in [1.29, 1.82) is 0 Å². The van der Waals surface area contributed by atoms with Crippen molar-refractivity contribution >= 4 is 29.9 Å². The number of guanidine groups is 1. The van der Waals surface area contributed by atoms with E-state index in [9.17, 15) is 0 Å². The van der Waals surface area contributed by atoms with Gasteiger partial charge < -0.3 is 15.4 Å². The van der Waals surface area contributed by atoms with Gasteiger partial charge >= 0.3 is 0 Å². The zero-order chi connectivity index (χ0) is 14.0. The molecule has 118 valence electrons. The normalized spacial score (nSPS) is 15.4. The third-order valence-corrected chi connectivity index (χ3v) is 3.41. The Kier molecular flexibility index (Phi) is 9.21. The standard InChI is InChI=1S/C16H25N3O.HI/c1-2-17-16(19-14-8-6-7-9-14)18-12-13-20-15-10-4-3-5-11-15;/h3-5,10-11,14H,2,6-9,12-13H2,1H3,(H2,17,18,19);1H. The Bertz CT molecular complexity index is 405.